The summed E-state index contributed by atoms with van der Waals surface area (Å²) in [6.07, 6.45) is 0.238. The van der Waals surface area contributed by atoms with Gasteiger partial charge in [-0.3, -0.25) is 4.79 Å². The fourth-order valence-corrected chi connectivity index (χ4v) is 2.00. The van der Waals surface area contributed by atoms with Crippen LogP contribution in [0.1, 0.15) is 6.42 Å². The van der Waals surface area contributed by atoms with E-state index in [1.165, 1.54) is 6.07 Å². The van der Waals surface area contributed by atoms with E-state index in [1.54, 1.807) is 18.2 Å². The normalized spacial score (nSPS) is 10.1. The molecule has 0 saturated carbocycles. The maximum absolute atomic E-state index is 11.7. The van der Waals surface area contributed by atoms with Gasteiger partial charge in [-0.1, -0.05) is 28.1 Å². The number of carbonyl (C=O) groups excluding carboxylic acids is 1. The molecule has 104 valence electrons. The summed E-state index contributed by atoms with van der Waals surface area (Å²) in [7, 11) is 0. The van der Waals surface area contributed by atoms with Crippen molar-refractivity contribution in [3.8, 4) is 11.5 Å². The number of benzene rings is 2. The molecule has 0 aliphatic heterocycles. The van der Waals surface area contributed by atoms with E-state index in [9.17, 15) is 9.90 Å². The van der Waals surface area contributed by atoms with E-state index in [0.29, 0.717) is 18.0 Å². The van der Waals surface area contributed by atoms with E-state index in [0.717, 1.165) is 4.47 Å². The van der Waals surface area contributed by atoms with Crippen molar-refractivity contribution in [3.05, 3.63) is 53.0 Å². The van der Waals surface area contributed by atoms with Crippen molar-refractivity contribution in [3.63, 3.8) is 0 Å². The van der Waals surface area contributed by atoms with Gasteiger partial charge in [0.1, 0.15) is 11.5 Å². The highest BCUT2D eigenvalue weighted by molar-refractivity contribution is 9.10. The van der Waals surface area contributed by atoms with E-state index >= 15 is 0 Å². The number of phenols is 1. The van der Waals surface area contributed by atoms with Crippen molar-refractivity contribution < 1.29 is 14.6 Å². The molecule has 0 saturated heterocycles. The van der Waals surface area contributed by atoms with E-state index in [4.69, 9.17) is 4.74 Å². The quantitative estimate of drug-likeness (QED) is 0.878. The highest BCUT2D eigenvalue weighted by Crippen LogP contribution is 2.18. The molecule has 4 nitrogen and oxygen atoms in total. The monoisotopic (exact) mass is 335 g/mol. The summed E-state index contributed by atoms with van der Waals surface area (Å²) in [6, 6.07) is 13.9. The first-order valence-corrected chi connectivity index (χ1v) is 6.90. The number of carbonyl (C=O) groups is 1. The summed E-state index contributed by atoms with van der Waals surface area (Å²) >= 11 is 3.35. The zero-order chi connectivity index (χ0) is 14.4. The van der Waals surface area contributed by atoms with Gasteiger partial charge in [0.15, 0.2) is 0 Å². The average Bonchev–Trinajstić information content (AvgIpc) is 2.38. The predicted octanol–water partition coefficient (Wildman–Crippen LogP) is 3.56. The van der Waals surface area contributed by atoms with Crippen molar-refractivity contribution in [1.82, 2.24) is 0 Å². The number of phenolic OH excluding ortho intramolecular Hbond substituents is 1. The summed E-state index contributed by atoms with van der Waals surface area (Å²) in [5, 5.41) is 12.0. The van der Waals surface area contributed by atoms with Crippen LogP contribution in [0.5, 0.6) is 11.5 Å². The number of hydrogen-bond donors (Lipinski definition) is 2. The SMILES string of the molecule is O=C(CCOc1cccc(Br)c1)Nc1cccc(O)c1. The van der Waals surface area contributed by atoms with E-state index in [-0.39, 0.29) is 18.1 Å². The van der Waals surface area contributed by atoms with Gasteiger partial charge in [0.2, 0.25) is 5.91 Å². The maximum atomic E-state index is 11.7. The summed E-state index contributed by atoms with van der Waals surface area (Å²) in [5.41, 5.74) is 0.567. The minimum absolute atomic E-state index is 0.119. The lowest BCUT2D eigenvalue weighted by molar-refractivity contribution is -0.116. The summed E-state index contributed by atoms with van der Waals surface area (Å²) < 4.78 is 6.41. The number of amides is 1. The smallest absolute Gasteiger partial charge is 0.227 e. The standard InChI is InChI=1S/C15H14BrNO3/c16-11-3-1-6-14(9-11)20-8-7-15(19)17-12-4-2-5-13(18)10-12/h1-6,9-10,18H,7-8H2,(H,17,19). The fraction of sp³-hybridized carbons (Fsp3) is 0.133. The Morgan fingerprint density at radius 2 is 2.00 bits per heavy atom. The number of halogens is 1. The lowest BCUT2D eigenvalue weighted by Crippen LogP contribution is -2.15. The molecule has 0 atom stereocenters. The van der Waals surface area contributed by atoms with Crippen LogP contribution in [-0.2, 0) is 4.79 Å². The van der Waals surface area contributed by atoms with Gasteiger partial charge in [-0.15, -0.1) is 0 Å². The molecule has 0 bridgehead atoms. The Bertz CT molecular complexity index is 601. The third kappa shape index (κ3) is 4.59. The Morgan fingerprint density at radius 3 is 2.75 bits per heavy atom. The first-order chi connectivity index (χ1) is 9.63. The van der Waals surface area contributed by atoms with Crippen LogP contribution >= 0.6 is 15.9 Å². The van der Waals surface area contributed by atoms with Gasteiger partial charge in [-0.2, -0.15) is 0 Å². The number of rotatable bonds is 5. The minimum Gasteiger partial charge on any atom is -0.508 e. The number of aromatic hydroxyl groups is 1. The molecule has 2 aromatic carbocycles. The zero-order valence-corrected chi connectivity index (χ0v) is 12.3. The van der Waals surface area contributed by atoms with Crippen LogP contribution in [-0.4, -0.2) is 17.6 Å². The van der Waals surface area contributed by atoms with E-state index in [2.05, 4.69) is 21.2 Å². The minimum atomic E-state index is -0.161. The molecule has 0 unspecified atom stereocenters. The largest absolute Gasteiger partial charge is 0.508 e. The second-order valence-electron chi connectivity index (χ2n) is 4.15. The molecule has 0 aliphatic rings. The molecule has 2 rings (SSSR count). The molecule has 0 radical (unpaired) electrons. The number of nitrogens with one attached hydrogen (secondary N) is 1. The number of ether oxygens (including phenoxy) is 1. The molecule has 2 aromatic rings. The van der Waals surface area contributed by atoms with Crippen LogP contribution in [0.2, 0.25) is 0 Å². The summed E-state index contributed by atoms with van der Waals surface area (Å²) in [4.78, 5) is 11.7. The lowest BCUT2D eigenvalue weighted by Gasteiger charge is -2.07. The van der Waals surface area contributed by atoms with Crippen LogP contribution in [0.15, 0.2) is 53.0 Å². The Balaban J connectivity index is 1.78. The average molecular weight is 336 g/mol. The zero-order valence-electron chi connectivity index (χ0n) is 10.7. The number of anilines is 1. The topological polar surface area (TPSA) is 58.6 Å². The molecule has 0 aliphatic carbocycles. The molecule has 20 heavy (non-hydrogen) atoms. The predicted molar refractivity (Wildman–Crippen MR) is 81.0 cm³/mol. The van der Waals surface area contributed by atoms with Crippen LogP contribution in [0.25, 0.3) is 0 Å². The Labute approximate surface area is 125 Å². The second-order valence-corrected chi connectivity index (χ2v) is 5.07. The molecular formula is C15H14BrNO3. The molecule has 0 heterocycles. The van der Waals surface area contributed by atoms with Crippen LogP contribution < -0.4 is 10.1 Å². The van der Waals surface area contributed by atoms with Gasteiger partial charge < -0.3 is 15.2 Å². The maximum Gasteiger partial charge on any atom is 0.227 e. The van der Waals surface area contributed by atoms with Crippen molar-refractivity contribution >= 4 is 27.5 Å². The van der Waals surface area contributed by atoms with Gasteiger partial charge in [0, 0.05) is 16.2 Å². The first kappa shape index (κ1) is 14.4. The molecule has 5 heteroatoms. The highest BCUT2D eigenvalue weighted by atomic mass is 79.9. The van der Waals surface area contributed by atoms with Crippen molar-refractivity contribution in [2.24, 2.45) is 0 Å². The van der Waals surface area contributed by atoms with Crippen molar-refractivity contribution in [2.45, 2.75) is 6.42 Å². The number of hydrogen-bond acceptors (Lipinski definition) is 3. The van der Waals surface area contributed by atoms with Crippen molar-refractivity contribution in [1.29, 1.82) is 0 Å². The van der Waals surface area contributed by atoms with Crippen LogP contribution in [0, 0.1) is 0 Å². The Kier molecular flexibility index (Phi) is 5.01. The molecule has 0 spiro atoms. The van der Waals surface area contributed by atoms with Gasteiger partial charge in [0.25, 0.3) is 0 Å². The van der Waals surface area contributed by atoms with Crippen LogP contribution in [0.4, 0.5) is 5.69 Å². The summed E-state index contributed by atoms with van der Waals surface area (Å²) in [6.45, 7) is 0.293. The third-order valence-corrected chi connectivity index (χ3v) is 3.02. The summed E-state index contributed by atoms with van der Waals surface area (Å²) in [5.74, 6) is 0.670. The van der Waals surface area contributed by atoms with E-state index in [1.807, 2.05) is 24.3 Å². The fourth-order valence-electron chi connectivity index (χ4n) is 1.63. The highest BCUT2D eigenvalue weighted by Gasteiger charge is 2.03. The van der Waals surface area contributed by atoms with Gasteiger partial charge >= 0.3 is 0 Å². The van der Waals surface area contributed by atoms with Gasteiger partial charge in [-0.05, 0) is 30.3 Å². The lowest BCUT2D eigenvalue weighted by atomic mass is 10.3. The Hall–Kier alpha value is -2.01. The Morgan fingerprint density at radius 1 is 1.20 bits per heavy atom. The first-order valence-electron chi connectivity index (χ1n) is 6.11. The molecule has 0 aromatic heterocycles. The molecule has 0 fully saturated rings. The molecule has 2 N–H and O–H groups in total. The molecular weight excluding hydrogens is 322 g/mol. The third-order valence-electron chi connectivity index (χ3n) is 2.52. The second kappa shape index (κ2) is 6.96. The van der Waals surface area contributed by atoms with Crippen LogP contribution in [0.3, 0.4) is 0 Å². The van der Waals surface area contributed by atoms with E-state index < -0.39 is 0 Å². The van der Waals surface area contributed by atoms with Gasteiger partial charge in [0.05, 0.1) is 13.0 Å². The van der Waals surface area contributed by atoms with Crippen molar-refractivity contribution in [2.75, 3.05) is 11.9 Å². The molecule has 1 amide bonds. The van der Waals surface area contributed by atoms with Gasteiger partial charge in [-0.25, -0.2) is 0 Å².